The third kappa shape index (κ3) is 3.02. The molecule has 1 saturated heterocycles. The van der Waals surface area contributed by atoms with Crippen molar-refractivity contribution in [2.75, 3.05) is 31.1 Å². The first-order valence-electron chi connectivity index (χ1n) is 7.78. The van der Waals surface area contributed by atoms with Crippen LogP contribution in [0.3, 0.4) is 0 Å². The Morgan fingerprint density at radius 1 is 1.17 bits per heavy atom. The molecule has 23 heavy (non-hydrogen) atoms. The van der Waals surface area contributed by atoms with Gasteiger partial charge in [-0.15, -0.1) is 0 Å². The fourth-order valence-electron chi connectivity index (χ4n) is 3.12. The minimum atomic E-state index is 0.691. The highest BCUT2D eigenvalue weighted by molar-refractivity contribution is 6.30. The molecule has 3 aromatic heterocycles. The minimum Gasteiger partial charge on any atom is -0.368 e. The molecule has 0 bridgehead atoms. The number of nitrogens with one attached hydrogen (secondary N) is 1. The zero-order valence-electron chi connectivity index (χ0n) is 12.7. The van der Waals surface area contributed by atoms with Gasteiger partial charge in [-0.05, 0) is 23.8 Å². The van der Waals surface area contributed by atoms with E-state index in [0.717, 1.165) is 44.1 Å². The van der Waals surface area contributed by atoms with Crippen LogP contribution in [0.5, 0.6) is 0 Å². The van der Waals surface area contributed by atoms with Crippen molar-refractivity contribution in [3.05, 3.63) is 53.6 Å². The van der Waals surface area contributed by atoms with Crippen LogP contribution in [-0.4, -0.2) is 46.0 Å². The Hall–Kier alpha value is -2.11. The van der Waals surface area contributed by atoms with E-state index in [1.54, 1.807) is 6.20 Å². The molecule has 0 amide bonds. The SMILES string of the molecule is Clc1cncc(N2CCN(Cc3c[nH]c4ncccc34)CC2)c1. The van der Waals surface area contributed by atoms with Gasteiger partial charge in [0.2, 0.25) is 0 Å². The van der Waals surface area contributed by atoms with Gasteiger partial charge in [-0.3, -0.25) is 9.88 Å². The van der Waals surface area contributed by atoms with E-state index < -0.39 is 0 Å². The zero-order valence-corrected chi connectivity index (χ0v) is 13.5. The van der Waals surface area contributed by atoms with Gasteiger partial charge in [0, 0.05) is 56.7 Å². The first-order chi connectivity index (χ1) is 11.3. The van der Waals surface area contributed by atoms with Gasteiger partial charge in [-0.1, -0.05) is 11.6 Å². The third-order valence-electron chi connectivity index (χ3n) is 4.36. The highest BCUT2D eigenvalue weighted by Gasteiger charge is 2.18. The van der Waals surface area contributed by atoms with E-state index >= 15 is 0 Å². The fraction of sp³-hybridized carbons (Fsp3) is 0.294. The van der Waals surface area contributed by atoms with E-state index in [1.165, 1.54) is 10.9 Å². The van der Waals surface area contributed by atoms with Crippen molar-refractivity contribution < 1.29 is 0 Å². The Kier molecular flexibility index (Phi) is 3.89. The molecule has 1 N–H and O–H groups in total. The maximum atomic E-state index is 6.03. The number of aromatic nitrogens is 3. The van der Waals surface area contributed by atoms with E-state index in [2.05, 4.69) is 37.0 Å². The summed E-state index contributed by atoms with van der Waals surface area (Å²) in [6, 6.07) is 6.10. The quantitative estimate of drug-likeness (QED) is 0.803. The molecule has 3 aromatic rings. The first-order valence-corrected chi connectivity index (χ1v) is 8.16. The molecular formula is C17H18ClN5. The lowest BCUT2D eigenvalue weighted by molar-refractivity contribution is 0.250. The summed E-state index contributed by atoms with van der Waals surface area (Å²) in [6.45, 7) is 4.98. The Labute approximate surface area is 139 Å². The second-order valence-corrected chi connectivity index (χ2v) is 6.27. The number of halogens is 1. The van der Waals surface area contributed by atoms with Crippen molar-refractivity contribution in [3.8, 4) is 0 Å². The summed E-state index contributed by atoms with van der Waals surface area (Å²) >= 11 is 6.03. The zero-order chi connectivity index (χ0) is 15.6. The number of H-pyrrole nitrogens is 1. The molecule has 1 fully saturated rings. The molecule has 0 aromatic carbocycles. The average Bonchev–Trinajstić information content (AvgIpc) is 2.99. The lowest BCUT2D eigenvalue weighted by atomic mass is 10.2. The van der Waals surface area contributed by atoms with Crippen molar-refractivity contribution in [1.82, 2.24) is 19.9 Å². The molecule has 6 heteroatoms. The Morgan fingerprint density at radius 2 is 2.04 bits per heavy atom. The molecule has 5 nitrogen and oxygen atoms in total. The van der Waals surface area contributed by atoms with Crippen LogP contribution in [0.1, 0.15) is 5.56 Å². The van der Waals surface area contributed by atoms with Crippen LogP contribution in [0.15, 0.2) is 43.0 Å². The Bertz CT molecular complexity index is 807. The minimum absolute atomic E-state index is 0.691. The number of aromatic amines is 1. The lowest BCUT2D eigenvalue weighted by Gasteiger charge is -2.35. The molecule has 0 spiro atoms. The monoisotopic (exact) mass is 327 g/mol. The number of fused-ring (bicyclic) bond motifs is 1. The molecule has 0 saturated carbocycles. The largest absolute Gasteiger partial charge is 0.368 e. The number of pyridine rings is 2. The molecule has 1 aliphatic rings. The number of rotatable bonds is 3. The Morgan fingerprint density at radius 3 is 2.87 bits per heavy atom. The van der Waals surface area contributed by atoms with E-state index in [4.69, 9.17) is 11.6 Å². The summed E-state index contributed by atoms with van der Waals surface area (Å²) in [7, 11) is 0. The maximum absolute atomic E-state index is 6.03. The van der Waals surface area contributed by atoms with E-state index in [9.17, 15) is 0 Å². The van der Waals surface area contributed by atoms with Gasteiger partial charge in [-0.25, -0.2) is 4.98 Å². The van der Waals surface area contributed by atoms with Crippen LogP contribution < -0.4 is 4.90 Å². The highest BCUT2D eigenvalue weighted by Crippen LogP contribution is 2.21. The molecule has 4 rings (SSSR count). The predicted molar refractivity (Wildman–Crippen MR) is 92.8 cm³/mol. The molecule has 4 heterocycles. The van der Waals surface area contributed by atoms with Gasteiger partial charge < -0.3 is 9.88 Å². The van der Waals surface area contributed by atoms with Crippen LogP contribution in [0.2, 0.25) is 5.02 Å². The van der Waals surface area contributed by atoms with Gasteiger partial charge >= 0.3 is 0 Å². The highest BCUT2D eigenvalue weighted by atomic mass is 35.5. The molecule has 0 unspecified atom stereocenters. The summed E-state index contributed by atoms with van der Waals surface area (Å²) in [5.41, 5.74) is 3.38. The second kappa shape index (κ2) is 6.18. The number of piperazine rings is 1. The Balaban J connectivity index is 1.42. The number of anilines is 1. The van der Waals surface area contributed by atoms with Crippen molar-refractivity contribution in [2.24, 2.45) is 0 Å². The van der Waals surface area contributed by atoms with Crippen LogP contribution in [0.25, 0.3) is 11.0 Å². The smallest absolute Gasteiger partial charge is 0.137 e. The van der Waals surface area contributed by atoms with Gasteiger partial charge in [0.05, 0.1) is 16.9 Å². The van der Waals surface area contributed by atoms with Crippen molar-refractivity contribution in [3.63, 3.8) is 0 Å². The standard InChI is InChI=1S/C17H18ClN5/c18-14-8-15(11-19-10-14)23-6-4-22(5-7-23)12-13-9-21-17-16(13)2-1-3-20-17/h1-3,8-11H,4-7,12H2,(H,20,21). The number of nitrogens with zero attached hydrogens (tertiary/aromatic N) is 4. The maximum Gasteiger partial charge on any atom is 0.137 e. The van der Waals surface area contributed by atoms with Crippen molar-refractivity contribution >= 4 is 28.3 Å². The molecular weight excluding hydrogens is 310 g/mol. The molecule has 0 radical (unpaired) electrons. The normalized spacial score (nSPS) is 16.1. The van der Waals surface area contributed by atoms with Gasteiger partial charge in [0.25, 0.3) is 0 Å². The summed E-state index contributed by atoms with van der Waals surface area (Å²) in [5, 5.41) is 1.91. The van der Waals surface area contributed by atoms with E-state index in [-0.39, 0.29) is 0 Å². The van der Waals surface area contributed by atoms with Crippen LogP contribution in [-0.2, 0) is 6.54 Å². The fourth-order valence-corrected chi connectivity index (χ4v) is 3.29. The predicted octanol–water partition coefficient (Wildman–Crippen LogP) is 2.93. The van der Waals surface area contributed by atoms with Gasteiger partial charge in [-0.2, -0.15) is 0 Å². The summed E-state index contributed by atoms with van der Waals surface area (Å²) in [5.74, 6) is 0. The number of hydrogen-bond donors (Lipinski definition) is 1. The lowest BCUT2D eigenvalue weighted by Crippen LogP contribution is -2.46. The van der Waals surface area contributed by atoms with Crippen molar-refractivity contribution in [2.45, 2.75) is 6.54 Å². The third-order valence-corrected chi connectivity index (χ3v) is 4.57. The number of hydrogen-bond acceptors (Lipinski definition) is 4. The molecule has 1 aliphatic heterocycles. The average molecular weight is 328 g/mol. The topological polar surface area (TPSA) is 48.1 Å². The summed E-state index contributed by atoms with van der Waals surface area (Å²) < 4.78 is 0. The molecule has 0 aliphatic carbocycles. The van der Waals surface area contributed by atoms with E-state index in [1.807, 2.05) is 24.5 Å². The summed E-state index contributed by atoms with van der Waals surface area (Å²) in [4.78, 5) is 16.6. The van der Waals surface area contributed by atoms with Crippen molar-refractivity contribution in [1.29, 1.82) is 0 Å². The van der Waals surface area contributed by atoms with E-state index in [0.29, 0.717) is 5.02 Å². The first kappa shape index (κ1) is 14.5. The second-order valence-electron chi connectivity index (χ2n) is 5.84. The van der Waals surface area contributed by atoms with Gasteiger partial charge in [0.15, 0.2) is 0 Å². The van der Waals surface area contributed by atoms with Crippen LogP contribution >= 0.6 is 11.6 Å². The van der Waals surface area contributed by atoms with Crippen LogP contribution in [0.4, 0.5) is 5.69 Å². The molecule has 118 valence electrons. The molecule has 0 atom stereocenters. The van der Waals surface area contributed by atoms with Crippen LogP contribution in [0, 0.1) is 0 Å². The van der Waals surface area contributed by atoms with Gasteiger partial charge in [0.1, 0.15) is 5.65 Å². The summed E-state index contributed by atoms with van der Waals surface area (Å²) in [6.07, 6.45) is 7.45.